The van der Waals surface area contributed by atoms with Gasteiger partial charge in [-0.15, -0.1) is 0 Å². The fourth-order valence-electron chi connectivity index (χ4n) is 2.30. The second-order valence-corrected chi connectivity index (χ2v) is 5.66. The second kappa shape index (κ2) is 7.64. The summed E-state index contributed by atoms with van der Waals surface area (Å²) < 4.78 is 10.0. The Hall–Kier alpha value is -3.42. The van der Waals surface area contributed by atoms with Crippen molar-refractivity contribution < 1.29 is 23.5 Å². The summed E-state index contributed by atoms with van der Waals surface area (Å²) >= 11 is 0. The Morgan fingerprint density at radius 2 is 1.77 bits per heavy atom. The monoisotopic (exact) mass is 358 g/mol. The summed E-state index contributed by atoms with van der Waals surface area (Å²) in [5.41, 5.74) is 5.81. The molecule has 0 radical (unpaired) electrons. The molecule has 1 heterocycles. The molecule has 1 aromatic carbocycles. The number of hydrogen-bond acceptors (Lipinski definition) is 6. The van der Waals surface area contributed by atoms with Crippen LogP contribution in [0.3, 0.4) is 0 Å². The topological polar surface area (TPSA) is 129 Å². The first kappa shape index (κ1) is 18.9. The van der Waals surface area contributed by atoms with Gasteiger partial charge in [0.25, 0.3) is 5.91 Å². The SMILES string of the molecule is Cc1cc(=O)oc(C)c1C(=O)O[C@H](C)C(=O)Nc1ccc(C(N)=O)cc1. The van der Waals surface area contributed by atoms with Crippen LogP contribution in [-0.4, -0.2) is 23.9 Å². The number of benzene rings is 1. The second-order valence-electron chi connectivity index (χ2n) is 5.66. The number of nitrogens with two attached hydrogens (primary N) is 1. The molecule has 1 atom stereocenters. The van der Waals surface area contributed by atoms with Crippen LogP contribution in [0.25, 0.3) is 0 Å². The van der Waals surface area contributed by atoms with E-state index in [1.54, 1.807) is 6.92 Å². The van der Waals surface area contributed by atoms with E-state index in [-0.39, 0.29) is 11.3 Å². The first-order chi connectivity index (χ1) is 12.2. The van der Waals surface area contributed by atoms with Crippen molar-refractivity contribution in [3.63, 3.8) is 0 Å². The first-order valence-corrected chi connectivity index (χ1v) is 7.72. The smallest absolute Gasteiger partial charge is 0.342 e. The lowest BCUT2D eigenvalue weighted by molar-refractivity contribution is -0.123. The molecule has 2 amide bonds. The summed E-state index contributed by atoms with van der Waals surface area (Å²) in [5, 5.41) is 2.56. The number of anilines is 1. The van der Waals surface area contributed by atoms with E-state index in [9.17, 15) is 19.2 Å². The van der Waals surface area contributed by atoms with Crippen LogP contribution in [0, 0.1) is 13.8 Å². The minimum Gasteiger partial charge on any atom is -0.449 e. The summed E-state index contributed by atoms with van der Waals surface area (Å²) in [4.78, 5) is 46.7. The summed E-state index contributed by atoms with van der Waals surface area (Å²) in [6, 6.07) is 7.12. The van der Waals surface area contributed by atoms with Crippen LogP contribution in [0.4, 0.5) is 5.69 Å². The molecule has 136 valence electrons. The number of hydrogen-bond donors (Lipinski definition) is 2. The molecular weight excluding hydrogens is 340 g/mol. The van der Waals surface area contributed by atoms with E-state index >= 15 is 0 Å². The molecule has 0 bridgehead atoms. The fourth-order valence-corrected chi connectivity index (χ4v) is 2.30. The number of carbonyl (C=O) groups excluding carboxylic acids is 3. The molecule has 1 aromatic heterocycles. The Kier molecular flexibility index (Phi) is 5.56. The Morgan fingerprint density at radius 3 is 2.31 bits per heavy atom. The van der Waals surface area contributed by atoms with Crippen molar-refractivity contribution in [1.29, 1.82) is 0 Å². The maximum absolute atomic E-state index is 12.3. The van der Waals surface area contributed by atoms with E-state index in [0.717, 1.165) is 0 Å². The van der Waals surface area contributed by atoms with Crippen molar-refractivity contribution in [2.24, 2.45) is 5.73 Å². The fraction of sp³-hybridized carbons (Fsp3) is 0.222. The molecule has 8 nitrogen and oxygen atoms in total. The third kappa shape index (κ3) is 4.35. The molecule has 26 heavy (non-hydrogen) atoms. The van der Waals surface area contributed by atoms with E-state index in [0.29, 0.717) is 16.8 Å². The average molecular weight is 358 g/mol. The van der Waals surface area contributed by atoms with Gasteiger partial charge in [-0.2, -0.15) is 0 Å². The molecule has 0 saturated carbocycles. The predicted molar refractivity (Wildman–Crippen MR) is 92.9 cm³/mol. The lowest BCUT2D eigenvalue weighted by atomic mass is 10.1. The Morgan fingerprint density at radius 1 is 1.15 bits per heavy atom. The van der Waals surface area contributed by atoms with Crippen LogP contribution >= 0.6 is 0 Å². The number of rotatable bonds is 5. The van der Waals surface area contributed by atoms with Crippen LogP contribution in [0.5, 0.6) is 0 Å². The molecule has 8 heteroatoms. The van der Waals surface area contributed by atoms with Crippen LogP contribution in [0.2, 0.25) is 0 Å². The summed E-state index contributed by atoms with van der Waals surface area (Å²) in [6.07, 6.45) is -1.09. The van der Waals surface area contributed by atoms with Gasteiger partial charge in [0.1, 0.15) is 11.3 Å². The Labute approximate surface area is 148 Å². The number of nitrogens with one attached hydrogen (secondary N) is 1. The highest BCUT2D eigenvalue weighted by Gasteiger charge is 2.23. The van der Waals surface area contributed by atoms with Crippen LogP contribution in [0.15, 0.2) is 39.5 Å². The van der Waals surface area contributed by atoms with E-state index < -0.39 is 29.5 Å². The number of primary amides is 1. The van der Waals surface area contributed by atoms with Crippen molar-refractivity contribution in [1.82, 2.24) is 0 Å². The standard InChI is InChI=1S/C18H18N2O6/c1-9-8-14(21)25-10(2)15(9)18(24)26-11(3)17(23)20-13-6-4-12(5-7-13)16(19)22/h4-8,11H,1-3H3,(H2,19,22)(H,20,23)/t11-/m1/s1. The predicted octanol–water partition coefficient (Wildman–Crippen LogP) is 1.54. The Balaban J connectivity index is 2.06. The zero-order valence-electron chi connectivity index (χ0n) is 14.5. The van der Waals surface area contributed by atoms with Gasteiger partial charge in [-0.1, -0.05) is 0 Å². The third-order valence-electron chi connectivity index (χ3n) is 3.63. The minimum atomic E-state index is -1.09. The molecule has 2 aromatic rings. The van der Waals surface area contributed by atoms with Crippen LogP contribution in [0.1, 0.15) is 39.0 Å². The van der Waals surface area contributed by atoms with E-state index in [4.69, 9.17) is 14.9 Å². The summed E-state index contributed by atoms with van der Waals surface area (Å²) in [7, 11) is 0. The lowest BCUT2D eigenvalue weighted by Crippen LogP contribution is -2.30. The maximum Gasteiger partial charge on any atom is 0.342 e. The minimum absolute atomic E-state index is 0.107. The van der Waals surface area contributed by atoms with Gasteiger partial charge in [0.15, 0.2) is 6.10 Å². The van der Waals surface area contributed by atoms with Gasteiger partial charge in [0.05, 0.1) is 0 Å². The summed E-state index contributed by atoms with van der Waals surface area (Å²) in [6.45, 7) is 4.45. The van der Waals surface area contributed by atoms with Gasteiger partial charge >= 0.3 is 11.6 Å². The van der Waals surface area contributed by atoms with E-state index in [1.165, 1.54) is 44.2 Å². The largest absolute Gasteiger partial charge is 0.449 e. The normalized spacial score (nSPS) is 11.5. The molecule has 0 aliphatic heterocycles. The van der Waals surface area contributed by atoms with E-state index in [1.807, 2.05) is 0 Å². The van der Waals surface area contributed by atoms with Crippen molar-refractivity contribution in [2.45, 2.75) is 26.9 Å². The van der Waals surface area contributed by atoms with Gasteiger partial charge in [0, 0.05) is 17.3 Å². The highest BCUT2D eigenvalue weighted by atomic mass is 16.5. The number of carbonyl (C=O) groups is 3. The van der Waals surface area contributed by atoms with Crippen molar-refractivity contribution in [3.05, 3.63) is 63.2 Å². The summed E-state index contributed by atoms with van der Waals surface area (Å²) in [5.74, 6) is -1.78. The van der Waals surface area contributed by atoms with Gasteiger partial charge in [-0.05, 0) is 50.6 Å². The van der Waals surface area contributed by atoms with Gasteiger partial charge in [-0.25, -0.2) is 9.59 Å². The van der Waals surface area contributed by atoms with Crippen LogP contribution < -0.4 is 16.7 Å². The zero-order chi connectivity index (χ0) is 19.4. The van der Waals surface area contributed by atoms with Crippen molar-refractivity contribution in [2.75, 3.05) is 5.32 Å². The molecule has 2 rings (SSSR count). The highest BCUT2D eigenvalue weighted by Crippen LogP contribution is 2.15. The van der Waals surface area contributed by atoms with Gasteiger partial charge in [0.2, 0.25) is 5.91 Å². The molecule has 3 N–H and O–H groups in total. The molecule has 0 aliphatic rings. The number of ether oxygens (including phenoxy) is 1. The Bertz CT molecular complexity index is 888. The highest BCUT2D eigenvalue weighted by molar-refractivity contribution is 5.98. The molecular formula is C18H18N2O6. The lowest BCUT2D eigenvalue weighted by Gasteiger charge is -2.15. The molecule has 0 aliphatic carbocycles. The number of esters is 1. The number of aryl methyl sites for hydroxylation is 2. The molecule has 0 saturated heterocycles. The molecule has 0 unspecified atom stereocenters. The third-order valence-corrected chi connectivity index (χ3v) is 3.63. The molecule has 0 spiro atoms. The quantitative estimate of drug-likeness (QED) is 0.780. The average Bonchev–Trinajstić information content (AvgIpc) is 2.54. The van der Waals surface area contributed by atoms with Gasteiger partial charge < -0.3 is 20.2 Å². The van der Waals surface area contributed by atoms with Crippen LogP contribution in [-0.2, 0) is 9.53 Å². The van der Waals surface area contributed by atoms with Crippen molar-refractivity contribution in [3.8, 4) is 0 Å². The molecule has 0 fully saturated rings. The number of amides is 2. The zero-order valence-corrected chi connectivity index (χ0v) is 14.5. The first-order valence-electron chi connectivity index (χ1n) is 7.72. The van der Waals surface area contributed by atoms with Gasteiger partial charge in [-0.3, -0.25) is 9.59 Å². The van der Waals surface area contributed by atoms with Crippen molar-refractivity contribution >= 4 is 23.5 Å². The maximum atomic E-state index is 12.3. The van der Waals surface area contributed by atoms with E-state index in [2.05, 4.69) is 5.32 Å².